The molecule has 1 aliphatic heterocycles. The largest absolute Gasteiger partial charge is 0.461 e. The zero-order valence-electron chi connectivity index (χ0n) is 35.0. The summed E-state index contributed by atoms with van der Waals surface area (Å²) in [6.07, 6.45) is 2.59. The summed E-state index contributed by atoms with van der Waals surface area (Å²) in [5.41, 5.74) is -4.51. The number of aliphatic hydroxyl groups is 1. The third-order valence-corrected chi connectivity index (χ3v) is 14.8. The lowest BCUT2D eigenvalue weighted by molar-refractivity contribution is -0.249. The Hall–Kier alpha value is -5.18. The molecule has 0 radical (unpaired) electrons. The molecule has 1 amide bonds. The van der Waals surface area contributed by atoms with E-state index in [1.54, 1.807) is 33.2 Å². The standard InChI is InChI=1S/C48H50F2N2O10/c1-44(2)61-40-21-34-35-20-37(49)36-18-31(53)13-15-45(36,3)47(35,50)38(54)22-46(34,4)48(40,62-44)39(55)25-60-42(57)12-11-41(56)59-24-26-5-7-27(8-6-26)32-19-33(32)43(58)52-30-10-9-29-23-51-16-14-28(29)17-30/h5-10,13-18,23,32-35,37-38,40,54H,11-12,19-22,24-25H2,1-4H3,(H,52,58)/t32?,33?,34-,35-,37-,38-,40+,45-,46-,47-,48+/m0/s1. The van der Waals surface area contributed by atoms with Crippen molar-refractivity contribution in [3.8, 4) is 0 Å². The number of benzene rings is 2. The SMILES string of the molecule is CC1(C)O[C@@H]2C[C@H]3[C@@H]4C[C@H](F)C5=CC(=O)C=C[C@]5(C)[C@@]4(F)[C@@H](O)C[C@]3(C)[C@]2(C(=O)COC(=O)CCC(=O)OCc2ccc(C3CC3C(=O)Nc3ccc4cnccc4c3)cc2)O1. The molecule has 11 atom stereocenters. The molecule has 2 heterocycles. The van der Waals surface area contributed by atoms with Crippen LogP contribution in [0.2, 0.25) is 0 Å². The van der Waals surface area contributed by atoms with Crippen LogP contribution in [-0.2, 0) is 49.5 Å². The lowest BCUT2D eigenvalue weighted by Gasteiger charge is -2.63. The zero-order chi connectivity index (χ0) is 44.0. The molecule has 3 aromatic rings. The second kappa shape index (κ2) is 15.0. The van der Waals surface area contributed by atoms with E-state index in [-0.39, 0.29) is 62.0 Å². The van der Waals surface area contributed by atoms with Crippen molar-refractivity contribution in [3.63, 3.8) is 0 Å². The topological polar surface area (TPSA) is 167 Å². The number of allylic oxidation sites excluding steroid dienone is 4. The van der Waals surface area contributed by atoms with Gasteiger partial charge < -0.3 is 29.4 Å². The number of carbonyl (C=O) groups excluding carboxylic acids is 5. The molecular formula is C48H50F2N2O10. The van der Waals surface area contributed by atoms with E-state index in [9.17, 15) is 29.1 Å². The van der Waals surface area contributed by atoms with Crippen LogP contribution in [0.15, 0.2) is 84.7 Å². The smallest absolute Gasteiger partial charge is 0.306 e. The van der Waals surface area contributed by atoms with Crippen molar-refractivity contribution in [3.05, 3.63) is 95.9 Å². The Morgan fingerprint density at radius 2 is 1.68 bits per heavy atom. The summed E-state index contributed by atoms with van der Waals surface area (Å²) in [5, 5.41) is 16.8. The van der Waals surface area contributed by atoms with Gasteiger partial charge in [-0.2, -0.15) is 0 Å². The number of ether oxygens (including phenoxy) is 4. The van der Waals surface area contributed by atoms with Crippen LogP contribution in [0.4, 0.5) is 14.5 Å². The highest BCUT2D eigenvalue weighted by Crippen LogP contribution is 2.72. The number of hydrogen-bond acceptors (Lipinski definition) is 11. The molecule has 4 saturated carbocycles. The molecule has 1 aromatic heterocycles. The molecule has 62 heavy (non-hydrogen) atoms. The summed E-state index contributed by atoms with van der Waals surface area (Å²) < 4.78 is 57.2. The van der Waals surface area contributed by atoms with E-state index in [1.165, 1.54) is 19.1 Å². The van der Waals surface area contributed by atoms with Gasteiger partial charge in [0.1, 0.15) is 12.8 Å². The molecule has 5 aliphatic carbocycles. The molecule has 5 fully saturated rings. The van der Waals surface area contributed by atoms with Crippen molar-refractivity contribution in [2.24, 2.45) is 28.6 Å². The Bertz CT molecular complexity index is 2440. The van der Waals surface area contributed by atoms with E-state index in [1.807, 2.05) is 48.5 Å². The van der Waals surface area contributed by atoms with Gasteiger partial charge in [0.05, 0.1) is 25.0 Å². The number of alkyl halides is 2. The highest BCUT2D eigenvalue weighted by molar-refractivity contribution is 6.01. The Kier molecular flexibility index (Phi) is 10.2. The molecule has 2 unspecified atom stereocenters. The van der Waals surface area contributed by atoms with Crippen molar-refractivity contribution in [1.29, 1.82) is 0 Å². The summed E-state index contributed by atoms with van der Waals surface area (Å²) in [4.78, 5) is 69.2. The molecule has 9 rings (SSSR count). The Morgan fingerprint density at radius 3 is 2.44 bits per heavy atom. The van der Waals surface area contributed by atoms with E-state index in [2.05, 4.69) is 10.3 Å². The summed E-state index contributed by atoms with van der Waals surface area (Å²) in [6, 6.07) is 15.1. The Labute approximate surface area is 357 Å². The van der Waals surface area contributed by atoms with Crippen LogP contribution < -0.4 is 5.32 Å². The van der Waals surface area contributed by atoms with Crippen LogP contribution in [0.3, 0.4) is 0 Å². The van der Waals surface area contributed by atoms with E-state index in [0.717, 1.165) is 40.1 Å². The number of ketones is 2. The van der Waals surface area contributed by atoms with Gasteiger partial charge in [0.2, 0.25) is 11.7 Å². The second-order valence-corrected chi connectivity index (χ2v) is 18.8. The maximum Gasteiger partial charge on any atom is 0.306 e. The maximum absolute atomic E-state index is 17.7. The second-order valence-electron chi connectivity index (χ2n) is 18.8. The van der Waals surface area contributed by atoms with E-state index < -0.39 is 88.2 Å². The number of rotatable bonds is 11. The van der Waals surface area contributed by atoms with Gasteiger partial charge in [-0.15, -0.1) is 0 Å². The number of hydrogen-bond donors (Lipinski definition) is 2. The summed E-state index contributed by atoms with van der Waals surface area (Å²) in [7, 11) is 0. The van der Waals surface area contributed by atoms with Crippen molar-refractivity contribution in [1.82, 2.24) is 4.98 Å². The third kappa shape index (κ3) is 6.71. The number of Topliss-reactive ketones (excluding diaryl/α,β-unsaturated/α-hetero) is 1. The van der Waals surface area contributed by atoms with Gasteiger partial charge >= 0.3 is 11.9 Å². The molecule has 14 heteroatoms. The maximum atomic E-state index is 17.7. The number of pyridine rings is 1. The number of halogens is 2. The van der Waals surface area contributed by atoms with Crippen LogP contribution in [0.25, 0.3) is 10.8 Å². The Morgan fingerprint density at radius 1 is 0.935 bits per heavy atom. The minimum absolute atomic E-state index is 0.00308. The fourth-order valence-corrected chi connectivity index (χ4v) is 11.7. The molecule has 326 valence electrons. The lowest BCUT2D eigenvalue weighted by atomic mass is 9.44. The van der Waals surface area contributed by atoms with Crippen molar-refractivity contribution in [2.75, 3.05) is 11.9 Å². The number of nitrogens with one attached hydrogen (secondary N) is 1. The van der Waals surface area contributed by atoms with Crippen LogP contribution in [0, 0.1) is 28.6 Å². The number of amides is 1. The number of aromatic nitrogens is 1. The van der Waals surface area contributed by atoms with E-state index in [0.29, 0.717) is 0 Å². The van der Waals surface area contributed by atoms with E-state index >= 15 is 8.78 Å². The molecule has 12 nitrogen and oxygen atoms in total. The number of aliphatic hydroxyl groups excluding tert-OH is 1. The molecule has 6 aliphatic rings. The molecule has 0 spiro atoms. The monoisotopic (exact) mass is 852 g/mol. The highest BCUT2D eigenvalue weighted by atomic mass is 19.1. The first-order chi connectivity index (χ1) is 29.4. The number of anilines is 1. The van der Waals surface area contributed by atoms with E-state index in [4.69, 9.17) is 18.9 Å². The first kappa shape index (κ1) is 42.1. The number of nitrogens with zero attached hydrogens (tertiary/aromatic N) is 1. The summed E-state index contributed by atoms with van der Waals surface area (Å²) in [6.45, 7) is 5.75. The predicted octanol–water partition coefficient (Wildman–Crippen LogP) is 6.73. The van der Waals surface area contributed by atoms with Crippen molar-refractivity contribution >= 4 is 45.9 Å². The summed E-state index contributed by atoms with van der Waals surface area (Å²) in [5.74, 6) is -5.66. The average Bonchev–Trinajstić information content (AvgIpc) is 3.94. The Balaban J connectivity index is 0.775. The number of fused-ring (bicyclic) bond motifs is 8. The van der Waals surface area contributed by atoms with Gasteiger partial charge in [0.15, 0.2) is 29.4 Å². The van der Waals surface area contributed by atoms with Crippen molar-refractivity contribution < 1.29 is 56.8 Å². The highest BCUT2D eigenvalue weighted by Gasteiger charge is 2.80. The van der Waals surface area contributed by atoms with Crippen molar-refractivity contribution in [2.45, 2.75) is 114 Å². The number of carbonyl (C=O) groups is 5. The molecular weight excluding hydrogens is 803 g/mol. The van der Waals surface area contributed by atoms with Gasteiger partial charge in [-0.05, 0) is 111 Å². The lowest BCUT2D eigenvalue weighted by Crippen LogP contribution is -2.71. The first-order valence-electron chi connectivity index (χ1n) is 21.3. The summed E-state index contributed by atoms with van der Waals surface area (Å²) >= 11 is 0. The normalized spacial score (nSPS) is 36.1. The third-order valence-electron chi connectivity index (χ3n) is 14.8. The molecule has 0 bridgehead atoms. The quantitative estimate of drug-likeness (QED) is 0.196. The predicted molar refractivity (Wildman–Crippen MR) is 219 cm³/mol. The van der Waals surface area contributed by atoms with Gasteiger partial charge in [0.25, 0.3) is 0 Å². The van der Waals surface area contributed by atoms with Gasteiger partial charge in [-0.1, -0.05) is 43.3 Å². The van der Waals surface area contributed by atoms with Gasteiger partial charge in [-0.25, -0.2) is 8.78 Å². The fourth-order valence-electron chi connectivity index (χ4n) is 11.7. The van der Waals surface area contributed by atoms with Crippen LogP contribution in [0.5, 0.6) is 0 Å². The number of esters is 2. The van der Waals surface area contributed by atoms with Crippen LogP contribution >= 0.6 is 0 Å². The van der Waals surface area contributed by atoms with Gasteiger partial charge in [-0.3, -0.25) is 29.0 Å². The fraction of sp³-hybridized carbons (Fsp3) is 0.500. The van der Waals surface area contributed by atoms with Crippen LogP contribution in [0.1, 0.15) is 83.3 Å². The minimum atomic E-state index is -2.36. The molecule has 2 aromatic carbocycles. The zero-order valence-corrected chi connectivity index (χ0v) is 35.0. The first-order valence-corrected chi connectivity index (χ1v) is 21.3. The molecule has 2 N–H and O–H groups in total. The van der Waals surface area contributed by atoms with Gasteiger partial charge in [0, 0.05) is 46.1 Å². The minimum Gasteiger partial charge on any atom is -0.461 e. The van der Waals surface area contributed by atoms with Crippen LogP contribution in [-0.4, -0.2) is 81.5 Å². The average molecular weight is 853 g/mol. The molecule has 1 saturated heterocycles.